The number of hydrogen-bond acceptors (Lipinski definition) is 3. The molecular weight excluding hydrogens is 370 g/mol. The van der Waals surface area contributed by atoms with E-state index in [0.29, 0.717) is 36.3 Å². The average Bonchev–Trinajstić information content (AvgIpc) is 2.67. The molecule has 3 rings (SSSR count). The molecule has 0 bridgehead atoms. The van der Waals surface area contributed by atoms with E-state index in [1.54, 1.807) is 0 Å². The van der Waals surface area contributed by atoms with E-state index >= 15 is 0 Å². The smallest absolute Gasteiger partial charge is 0.180 e. The van der Waals surface area contributed by atoms with Gasteiger partial charge in [-0.3, -0.25) is 0 Å². The largest absolute Gasteiger partial charge is 0.490 e. The minimum atomic E-state index is 0.447. The van der Waals surface area contributed by atoms with Gasteiger partial charge in [0.2, 0.25) is 0 Å². The summed E-state index contributed by atoms with van der Waals surface area (Å²) in [5.74, 6) is 1.26. The van der Waals surface area contributed by atoms with Gasteiger partial charge >= 0.3 is 0 Å². The normalized spacial score (nSPS) is 10.6. The second-order valence-electron chi connectivity index (χ2n) is 6.84. The Hall–Kier alpha value is -2.65. The van der Waals surface area contributed by atoms with Crippen LogP contribution >= 0.6 is 11.6 Å². The van der Waals surface area contributed by atoms with Crippen molar-refractivity contribution in [3.8, 4) is 11.5 Å². The summed E-state index contributed by atoms with van der Waals surface area (Å²) in [4.78, 5) is 0. The predicted molar refractivity (Wildman–Crippen MR) is 117 cm³/mol. The lowest BCUT2D eigenvalue weighted by atomic mass is 10.1. The fourth-order valence-corrected chi connectivity index (χ4v) is 3.25. The summed E-state index contributed by atoms with van der Waals surface area (Å²) in [6.07, 6.45) is 0. The Balaban J connectivity index is 1.74. The molecule has 1 N–H and O–H groups in total. The van der Waals surface area contributed by atoms with Crippen LogP contribution in [0.25, 0.3) is 0 Å². The number of halogens is 1. The van der Waals surface area contributed by atoms with Crippen molar-refractivity contribution < 1.29 is 9.47 Å². The molecule has 0 aliphatic rings. The Bertz CT molecular complexity index is 922. The minimum Gasteiger partial charge on any atom is -0.490 e. The molecule has 28 heavy (non-hydrogen) atoms. The molecular formula is C24H26ClNO2. The van der Waals surface area contributed by atoms with Gasteiger partial charge in [-0.25, -0.2) is 0 Å². The van der Waals surface area contributed by atoms with E-state index in [1.165, 1.54) is 11.1 Å². The maximum Gasteiger partial charge on any atom is 0.180 e. The van der Waals surface area contributed by atoms with Crippen molar-refractivity contribution >= 4 is 17.3 Å². The second kappa shape index (κ2) is 9.52. The SMILES string of the molecule is CCOc1cc(CNc2ccc(C)cc2)cc(Cl)c1OCc1cccc(C)c1. The lowest BCUT2D eigenvalue weighted by Crippen LogP contribution is -2.04. The van der Waals surface area contributed by atoms with Crippen molar-refractivity contribution in [2.45, 2.75) is 33.9 Å². The zero-order valence-electron chi connectivity index (χ0n) is 16.6. The minimum absolute atomic E-state index is 0.447. The molecule has 0 saturated carbocycles. The van der Waals surface area contributed by atoms with Crippen LogP contribution < -0.4 is 14.8 Å². The monoisotopic (exact) mass is 395 g/mol. The van der Waals surface area contributed by atoms with E-state index < -0.39 is 0 Å². The van der Waals surface area contributed by atoms with Crippen LogP contribution in [0.4, 0.5) is 5.69 Å². The highest BCUT2D eigenvalue weighted by molar-refractivity contribution is 6.32. The van der Waals surface area contributed by atoms with Gasteiger partial charge in [-0.1, -0.05) is 59.1 Å². The molecule has 0 aliphatic heterocycles. The third-order valence-corrected chi connectivity index (χ3v) is 4.66. The Labute approximate surface area is 172 Å². The third kappa shape index (κ3) is 5.43. The van der Waals surface area contributed by atoms with Gasteiger partial charge in [0.05, 0.1) is 11.6 Å². The van der Waals surface area contributed by atoms with Gasteiger partial charge in [0.25, 0.3) is 0 Å². The lowest BCUT2D eigenvalue weighted by Gasteiger charge is -2.16. The van der Waals surface area contributed by atoms with E-state index in [9.17, 15) is 0 Å². The molecule has 0 aliphatic carbocycles. The first-order valence-electron chi connectivity index (χ1n) is 9.49. The Morgan fingerprint density at radius 3 is 2.36 bits per heavy atom. The van der Waals surface area contributed by atoms with Crippen molar-refractivity contribution in [1.82, 2.24) is 0 Å². The standard InChI is InChI=1S/C24H26ClNO2/c1-4-27-23-14-20(15-26-21-10-8-17(2)9-11-21)13-22(25)24(23)28-16-19-7-5-6-18(3)12-19/h5-14,26H,4,15-16H2,1-3H3. The van der Waals surface area contributed by atoms with Crippen molar-refractivity contribution in [2.75, 3.05) is 11.9 Å². The van der Waals surface area contributed by atoms with E-state index in [0.717, 1.165) is 16.8 Å². The van der Waals surface area contributed by atoms with E-state index in [4.69, 9.17) is 21.1 Å². The molecule has 146 valence electrons. The Morgan fingerprint density at radius 2 is 1.64 bits per heavy atom. The molecule has 0 spiro atoms. The number of ether oxygens (including phenoxy) is 2. The number of hydrogen-bond donors (Lipinski definition) is 1. The first-order valence-corrected chi connectivity index (χ1v) is 9.87. The van der Waals surface area contributed by atoms with E-state index in [1.807, 2.05) is 31.2 Å². The fraction of sp³-hybridized carbons (Fsp3) is 0.250. The van der Waals surface area contributed by atoms with Crippen molar-refractivity contribution in [3.05, 3.63) is 87.9 Å². The molecule has 0 unspecified atom stereocenters. The van der Waals surface area contributed by atoms with Crippen molar-refractivity contribution in [2.24, 2.45) is 0 Å². The molecule has 3 aromatic rings. The molecule has 0 atom stereocenters. The molecule has 0 radical (unpaired) electrons. The third-order valence-electron chi connectivity index (χ3n) is 4.38. The fourth-order valence-electron chi connectivity index (χ4n) is 2.96. The second-order valence-corrected chi connectivity index (χ2v) is 7.24. The van der Waals surface area contributed by atoms with Gasteiger partial charge in [-0.2, -0.15) is 0 Å². The topological polar surface area (TPSA) is 30.5 Å². The maximum absolute atomic E-state index is 6.54. The van der Waals surface area contributed by atoms with Crippen LogP contribution in [-0.4, -0.2) is 6.61 Å². The summed E-state index contributed by atoms with van der Waals surface area (Å²) in [6.45, 7) is 7.75. The number of rotatable bonds is 8. The Kier molecular flexibility index (Phi) is 6.83. The van der Waals surface area contributed by atoms with Crippen LogP contribution in [-0.2, 0) is 13.2 Å². The van der Waals surface area contributed by atoms with E-state index in [2.05, 4.69) is 55.6 Å². The lowest BCUT2D eigenvalue weighted by molar-refractivity contribution is 0.269. The number of benzene rings is 3. The summed E-state index contributed by atoms with van der Waals surface area (Å²) < 4.78 is 11.8. The molecule has 4 heteroatoms. The summed E-state index contributed by atoms with van der Waals surface area (Å²) in [5.41, 5.74) is 5.65. The highest BCUT2D eigenvalue weighted by Gasteiger charge is 2.13. The van der Waals surface area contributed by atoms with Crippen LogP contribution in [0, 0.1) is 13.8 Å². The maximum atomic E-state index is 6.54. The zero-order valence-corrected chi connectivity index (χ0v) is 17.3. The van der Waals surface area contributed by atoms with Gasteiger partial charge in [-0.15, -0.1) is 0 Å². The summed E-state index contributed by atoms with van der Waals surface area (Å²) in [6, 6.07) is 20.5. The molecule has 0 saturated heterocycles. The van der Waals surface area contributed by atoms with Gasteiger partial charge in [0.15, 0.2) is 11.5 Å². The number of nitrogens with one attached hydrogen (secondary N) is 1. The number of anilines is 1. The van der Waals surface area contributed by atoms with Crippen LogP contribution in [0.1, 0.15) is 29.2 Å². The van der Waals surface area contributed by atoms with Gasteiger partial charge < -0.3 is 14.8 Å². The van der Waals surface area contributed by atoms with Crippen molar-refractivity contribution in [3.63, 3.8) is 0 Å². The molecule has 0 aromatic heterocycles. The Morgan fingerprint density at radius 1 is 0.857 bits per heavy atom. The quantitative estimate of drug-likeness (QED) is 0.469. The zero-order chi connectivity index (χ0) is 19.9. The van der Waals surface area contributed by atoms with Crippen LogP contribution in [0.2, 0.25) is 5.02 Å². The number of aryl methyl sites for hydroxylation is 2. The first kappa shape index (κ1) is 20.1. The van der Waals surface area contributed by atoms with E-state index in [-0.39, 0.29) is 0 Å². The van der Waals surface area contributed by atoms with Crippen LogP contribution in [0.3, 0.4) is 0 Å². The highest BCUT2D eigenvalue weighted by atomic mass is 35.5. The van der Waals surface area contributed by atoms with Crippen molar-refractivity contribution in [1.29, 1.82) is 0 Å². The summed E-state index contributed by atoms with van der Waals surface area (Å²) in [7, 11) is 0. The summed E-state index contributed by atoms with van der Waals surface area (Å²) >= 11 is 6.54. The first-order chi connectivity index (χ1) is 13.5. The van der Waals surface area contributed by atoms with Crippen LogP contribution in [0.5, 0.6) is 11.5 Å². The molecule has 0 fully saturated rings. The van der Waals surface area contributed by atoms with Gasteiger partial charge in [-0.05, 0) is 56.2 Å². The molecule has 0 amide bonds. The van der Waals surface area contributed by atoms with Crippen LogP contribution in [0.15, 0.2) is 60.7 Å². The highest BCUT2D eigenvalue weighted by Crippen LogP contribution is 2.37. The predicted octanol–water partition coefficient (Wildman–Crippen LogP) is 6.55. The molecule has 3 aromatic carbocycles. The molecule has 0 heterocycles. The van der Waals surface area contributed by atoms with Gasteiger partial charge in [0, 0.05) is 12.2 Å². The molecule has 3 nitrogen and oxygen atoms in total. The summed E-state index contributed by atoms with van der Waals surface area (Å²) in [5, 5.41) is 3.97. The van der Waals surface area contributed by atoms with Gasteiger partial charge in [0.1, 0.15) is 6.61 Å². The average molecular weight is 396 g/mol.